The highest BCUT2D eigenvalue weighted by Crippen LogP contribution is 2.45. The quantitative estimate of drug-likeness (QED) is 0.738. The van der Waals surface area contributed by atoms with Crippen LogP contribution in [0.25, 0.3) is 0 Å². The first kappa shape index (κ1) is 16.8. The van der Waals surface area contributed by atoms with Gasteiger partial charge in [0.15, 0.2) is 5.88 Å². The molecule has 1 aliphatic rings. The van der Waals surface area contributed by atoms with Gasteiger partial charge in [-0.1, -0.05) is 20.8 Å². The maximum absolute atomic E-state index is 12.1. The molecule has 5 heteroatoms. The number of hydrogen-bond donors (Lipinski definition) is 2. The van der Waals surface area contributed by atoms with Crippen molar-refractivity contribution < 1.29 is 13.9 Å². The fourth-order valence-corrected chi connectivity index (χ4v) is 3.54. The van der Waals surface area contributed by atoms with Gasteiger partial charge in [0.25, 0.3) is 0 Å². The van der Waals surface area contributed by atoms with Gasteiger partial charge in [0.1, 0.15) is 0 Å². The standard InChI is InChI=1S/C15H27FN2O2/c1-11(19)17-9-15(5)7-13(6-14(3,4)8-15)18-12(2)20-10-16/h13,18H,2,6-10H2,1,3-5H3,(H,17,19). The van der Waals surface area contributed by atoms with Gasteiger partial charge in [0.2, 0.25) is 12.8 Å². The maximum Gasteiger partial charge on any atom is 0.230 e. The van der Waals surface area contributed by atoms with E-state index in [0.717, 1.165) is 19.3 Å². The fourth-order valence-electron chi connectivity index (χ4n) is 3.54. The van der Waals surface area contributed by atoms with Gasteiger partial charge in [0.05, 0.1) is 0 Å². The smallest absolute Gasteiger partial charge is 0.230 e. The summed E-state index contributed by atoms with van der Waals surface area (Å²) in [5, 5.41) is 6.06. The Morgan fingerprint density at radius 1 is 1.40 bits per heavy atom. The van der Waals surface area contributed by atoms with E-state index in [2.05, 4.69) is 38.0 Å². The average molecular weight is 286 g/mol. The lowest BCUT2D eigenvalue weighted by Gasteiger charge is -2.47. The Morgan fingerprint density at radius 2 is 2.05 bits per heavy atom. The van der Waals surface area contributed by atoms with Gasteiger partial charge in [-0.2, -0.15) is 0 Å². The molecule has 0 aromatic heterocycles. The summed E-state index contributed by atoms with van der Waals surface area (Å²) < 4.78 is 16.9. The van der Waals surface area contributed by atoms with E-state index in [1.807, 2.05) is 0 Å². The molecule has 0 heterocycles. The van der Waals surface area contributed by atoms with Gasteiger partial charge in [-0.05, 0) is 36.7 Å². The van der Waals surface area contributed by atoms with Gasteiger partial charge in [-0.15, -0.1) is 0 Å². The van der Waals surface area contributed by atoms with Crippen molar-refractivity contribution in [2.24, 2.45) is 10.8 Å². The third-order valence-electron chi connectivity index (χ3n) is 3.80. The molecule has 116 valence electrons. The largest absolute Gasteiger partial charge is 0.449 e. The van der Waals surface area contributed by atoms with Crippen LogP contribution < -0.4 is 10.6 Å². The molecule has 4 nitrogen and oxygen atoms in total. The molecule has 0 aromatic rings. The molecule has 2 N–H and O–H groups in total. The average Bonchev–Trinajstić information content (AvgIpc) is 2.23. The van der Waals surface area contributed by atoms with Crippen LogP contribution in [0.4, 0.5) is 4.39 Å². The molecule has 0 spiro atoms. The Labute approximate surface area is 121 Å². The third kappa shape index (κ3) is 5.39. The Balaban J connectivity index is 2.68. The fraction of sp³-hybridized carbons (Fsp3) is 0.800. The second-order valence-corrected chi connectivity index (χ2v) is 6.99. The van der Waals surface area contributed by atoms with Crippen molar-refractivity contribution in [2.75, 3.05) is 13.4 Å². The molecule has 2 atom stereocenters. The van der Waals surface area contributed by atoms with Crippen molar-refractivity contribution in [1.82, 2.24) is 10.6 Å². The normalized spacial score (nSPS) is 28.6. The first-order valence-electron chi connectivity index (χ1n) is 7.04. The number of amides is 1. The monoisotopic (exact) mass is 286 g/mol. The SMILES string of the molecule is C=C(NC1CC(C)(C)CC(C)(CNC(C)=O)C1)OCF. The van der Waals surface area contributed by atoms with Crippen LogP contribution in [0.3, 0.4) is 0 Å². The molecule has 1 saturated carbocycles. The summed E-state index contributed by atoms with van der Waals surface area (Å²) in [6, 6.07) is 0.177. The predicted molar refractivity (Wildman–Crippen MR) is 77.5 cm³/mol. The second-order valence-electron chi connectivity index (χ2n) is 6.99. The van der Waals surface area contributed by atoms with E-state index in [1.165, 1.54) is 6.92 Å². The van der Waals surface area contributed by atoms with Crippen LogP contribution in [0.2, 0.25) is 0 Å². The minimum Gasteiger partial charge on any atom is -0.449 e. The van der Waals surface area contributed by atoms with E-state index >= 15 is 0 Å². The molecular formula is C15H27FN2O2. The predicted octanol–water partition coefficient (Wildman–Crippen LogP) is 2.71. The minimum absolute atomic E-state index is 0.00992. The molecule has 1 amide bonds. The van der Waals surface area contributed by atoms with Crippen LogP contribution in [0.5, 0.6) is 0 Å². The molecule has 0 aliphatic heterocycles. The molecule has 0 radical (unpaired) electrons. The van der Waals surface area contributed by atoms with Crippen molar-refractivity contribution in [3.63, 3.8) is 0 Å². The van der Waals surface area contributed by atoms with Crippen LogP contribution in [0.1, 0.15) is 47.0 Å². The highest BCUT2D eigenvalue weighted by Gasteiger charge is 2.41. The van der Waals surface area contributed by atoms with Crippen molar-refractivity contribution in [1.29, 1.82) is 0 Å². The van der Waals surface area contributed by atoms with E-state index in [1.54, 1.807) is 0 Å². The number of alkyl halides is 1. The molecule has 0 bridgehead atoms. The summed E-state index contributed by atoms with van der Waals surface area (Å²) in [4.78, 5) is 11.1. The molecule has 0 saturated heterocycles. The van der Waals surface area contributed by atoms with Gasteiger partial charge in [0, 0.05) is 19.5 Å². The first-order chi connectivity index (χ1) is 9.16. The van der Waals surface area contributed by atoms with E-state index in [-0.39, 0.29) is 28.7 Å². The summed E-state index contributed by atoms with van der Waals surface area (Å²) >= 11 is 0. The highest BCUT2D eigenvalue weighted by atomic mass is 19.1. The van der Waals surface area contributed by atoms with E-state index in [0.29, 0.717) is 6.54 Å². The number of rotatable bonds is 6. The Hall–Kier alpha value is -1.26. The number of halogens is 1. The van der Waals surface area contributed by atoms with Crippen molar-refractivity contribution in [2.45, 2.75) is 53.0 Å². The van der Waals surface area contributed by atoms with Crippen LogP contribution in [0, 0.1) is 10.8 Å². The van der Waals surface area contributed by atoms with Crippen LogP contribution in [0.15, 0.2) is 12.5 Å². The maximum atomic E-state index is 12.1. The second kappa shape index (κ2) is 6.46. The highest BCUT2D eigenvalue weighted by molar-refractivity contribution is 5.72. The Morgan fingerprint density at radius 3 is 2.60 bits per heavy atom. The lowest BCUT2D eigenvalue weighted by atomic mass is 9.62. The minimum atomic E-state index is -0.870. The van der Waals surface area contributed by atoms with Gasteiger partial charge < -0.3 is 15.4 Å². The summed E-state index contributed by atoms with van der Waals surface area (Å²) in [6.07, 6.45) is 2.90. The molecule has 1 rings (SSSR count). The van der Waals surface area contributed by atoms with Crippen LogP contribution >= 0.6 is 0 Å². The molecule has 1 aliphatic carbocycles. The zero-order valence-corrected chi connectivity index (χ0v) is 13.0. The Bertz CT molecular complexity index is 371. The zero-order chi connectivity index (χ0) is 15.4. The molecule has 0 aromatic carbocycles. The number of carbonyl (C=O) groups is 1. The number of ether oxygens (including phenoxy) is 1. The van der Waals surface area contributed by atoms with Crippen molar-refractivity contribution >= 4 is 5.91 Å². The van der Waals surface area contributed by atoms with E-state index in [9.17, 15) is 9.18 Å². The van der Waals surface area contributed by atoms with Crippen LogP contribution in [-0.2, 0) is 9.53 Å². The van der Waals surface area contributed by atoms with E-state index in [4.69, 9.17) is 4.74 Å². The lowest BCUT2D eigenvalue weighted by Crippen LogP contribution is -2.48. The summed E-state index contributed by atoms with van der Waals surface area (Å²) in [5.74, 6) is 0.265. The molecular weight excluding hydrogens is 259 g/mol. The number of nitrogens with one attached hydrogen (secondary N) is 2. The number of carbonyl (C=O) groups excluding carboxylic acids is 1. The van der Waals surface area contributed by atoms with Crippen molar-refractivity contribution in [3.05, 3.63) is 12.5 Å². The summed E-state index contributed by atoms with van der Waals surface area (Å²) in [5.41, 5.74) is 0.167. The topological polar surface area (TPSA) is 50.4 Å². The van der Waals surface area contributed by atoms with E-state index < -0.39 is 6.86 Å². The van der Waals surface area contributed by atoms with Crippen LogP contribution in [-0.4, -0.2) is 25.4 Å². The zero-order valence-electron chi connectivity index (χ0n) is 13.0. The van der Waals surface area contributed by atoms with Gasteiger partial charge in [-0.25, -0.2) is 4.39 Å². The number of hydrogen-bond acceptors (Lipinski definition) is 3. The lowest BCUT2D eigenvalue weighted by molar-refractivity contribution is -0.119. The summed E-state index contributed by atoms with van der Waals surface area (Å²) in [6.45, 7) is 11.6. The van der Waals surface area contributed by atoms with Gasteiger partial charge >= 0.3 is 0 Å². The Kier molecular flexibility index (Phi) is 5.42. The molecule has 1 fully saturated rings. The summed E-state index contributed by atoms with van der Waals surface area (Å²) in [7, 11) is 0. The first-order valence-corrected chi connectivity index (χ1v) is 7.04. The third-order valence-corrected chi connectivity index (χ3v) is 3.80. The molecule has 20 heavy (non-hydrogen) atoms. The van der Waals surface area contributed by atoms with Crippen molar-refractivity contribution in [3.8, 4) is 0 Å². The molecule has 2 unspecified atom stereocenters. The van der Waals surface area contributed by atoms with Gasteiger partial charge in [-0.3, -0.25) is 4.79 Å².